The van der Waals surface area contributed by atoms with E-state index in [1.165, 1.54) is 24.3 Å². The summed E-state index contributed by atoms with van der Waals surface area (Å²) in [7, 11) is -1.52. The molecule has 104 valence electrons. The van der Waals surface area contributed by atoms with Crippen LogP contribution in [0, 0.1) is 5.82 Å². The predicted molar refractivity (Wildman–Crippen MR) is 77.8 cm³/mol. The number of halogens is 2. The van der Waals surface area contributed by atoms with Crippen molar-refractivity contribution in [1.82, 2.24) is 0 Å². The largest absolute Gasteiger partial charge is 0.324 e. The molecule has 1 amide bonds. The van der Waals surface area contributed by atoms with Gasteiger partial charge in [0.2, 0.25) is 5.91 Å². The lowest BCUT2D eigenvalue weighted by Crippen LogP contribution is -2.19. The molecule has 0 saturated carbocycles. The van der Waals surface area contributed by atoms with Crippen molar-refractivity contribution >= 4 is 34.0 Å². The Morgan fingerprint density at radius 1 is 1.15 bits per heavy atom. The van der Waals surface area contributed by atoms with Crippen LogP contribution < -0.4 is 5.32 Å². The predicted octanol–water partition coefficient (Wildman–Crippen LogP) is 3.23. The van der Waals surface area contributed by atoms with Crippen LogP contribution in [-0.2, 0) is 15.6 Å². The van der Waals surface area contributed by atoms with E-state index in [2.05, 4.69) is 5.32 Å². The zero-order valence-electron chi connectivity index (χ0n) is 10.3. The van der Waals surface area contributed by atoms with E-state index in [0.717, 1.165) is 0 Å². The van der Waals surface area contributed by atoms with Crippen molar-refractivity contribution in [3.8, 4) is 0 Å². The number of hydrogen-bond donors (Lipinski definition) is 1. The third-order valence-electron chi connectivity index (χ3n) is 2.49. The highest BCUT2D eigenvalue weighted by Crippen LogP contribution is 2.20. The molecular weight excluding hydrogens is 301 g/mol. The highest BCUT2D eigenvalue weighted by molar-refractivity contribution is 7.85. The molecule has 0 spiro atoms. The molecule has 0 aliphatic heterocycles. The normalized spacial score (nSPS) is 11.9. The average molecular weight is 312 g/mol. The summed E-state index contributed by atoms with van der Waals surface area (Å²) < 4.78 is 24.7. The Hall–Kier alpha value is -1.72. The molecule has 20 heavy (non-hydrogen) atoms. The van der Waals surface area contributed by atoms with Crippen molar-refractivity contribution in [3.63, 3.8) is 0 Å². The summed E-state index contributed by atoms with van der Waals surface area (Å²) in [6, 6.07) is 12.0. The maximum Gasteiger partial charge on any atom is 0.237 e. The molecule has 0 fully saturated rings. The van der Waals surface area contributed by atoms with Gasteiger partial charge < -0.3 is 5.32 Å². The van der Waals surface area contributed by atoms with E-state index < -0.39 is 22.5 Å². The van der Waals surface area contributed by atoms with Gasteiger partial charge in [-0.3, -0.25) is 9.00 Å². The molecule has 0 aromatic heterocycles. The van der Waals surface area contributed by atoms with Crippen molar-refractivity contribution in [3.05, 3.63) is 59.4 Å². The number of anilines is 1. The van der Waals surface area contributed by atoms with Crippen LogP contribution in [0.1, 0.15) is 0 Å². The quantitative estimate of drug-likeness (QED) is 0.942. The molecule has 0 heterocycles. The summed E-state index contributed by atoms with van der Waals surface area (Å²) in [4.78, 5) is 12.2. The van der Waals surface area contributed by atoms with Crippen molar-refractivity contribution < 1.29 is 13.4 Å². The maximum absolute atomic E-state index is 12.8. The van der Waals surface area contributed by atoms with Gasteiger partial charge >= 0.3 is 0 Å². The second-order valence-corrected chi connectivity index (χ2v) is 5.83. The second kappa shape index (κ2) is 6.63. The molecule has 0 saturated heterocycles. The first kappa shape index (κ1) is 14.7. The van der Waals surface area contributed by atoms with Gasteiger partial charge in [-0.2, -0.15) is 0 Å². The molecule has 0 radical (unpaired) electrons. The number of carbonyl (C=O) groups is 1. The first-order chi connectivity index (χ1) is 9.56. The summed E-state index contributed by atoms with van der Waals surface area (Å²) in [6.07, 6.45) is 0. The number of para-hydroxylation sites is 1. The van der Waals surface area contributed by atoms with Crippen molar-refractivity contribution in [2.24, 2.45) is 0 Å². The van der Waals surface area contributed by atoms with Crippen LogP contribution in [0.3, 0.4) is 0 Å². The van der Waals surface area contributed by atoms with Crippen LogP contribution in [0.25, 0.3) is 0 Å². The van der Waals surface area contributed by atoms with E-state index in [4.69, 9.17) is 11.6 Å². The summed E-state index contributed by atoms with van der Waals surface area (Å²) in [6.45, 7) is 0. The van der Waals surface area contributed by atoms with Crippen LogP contribution in [0.15, 0.2) is 53.4 Å². The lowest BCUT2D eigenvalue weighted by Gasteiger charge is -2.07. The van der Waals surface area contributed by atoms with Crippen molar-refractivity contribution in [2.75, 3.05) is 11.1 Å². The highest BCUT2D eigenvalue weighted by atomic mass is 35.5. The fraction of sp³-hybridized carbons (Fsp3) is 0.0714. The van der Waals surface area contributed by atoms with Gasteiger partial charge in [-0.05, 0) is 36.4 Å². The zero-order valence-corrected chi connectivity index (χ0v) is 11.9. The summed E-state index contributed by atoms with van der Waals surface area (Å²) in [5.74, 6) is -1.04. The molecule has 2 aromatic rings. The maximum atomic E-state index is 12.8. The first-order valence-corrected chi connectivity index (χ1v) is 7.44. The molecule has 2 rings (SSSR count). The molecule has 0 bridgehead atoms. The van der Waals surface area contributed by atoms with Crippen molar-refractivity contribution in [2.45, 2.75) is 4.90 Å². The van der Waals surface area contributed by atoms with Gasteiger partial charge in [-0.15, -0.1) is 0 Å². The molecule has 1 N–H and O–H groups in total. The Bertz CT molecular complexity index is 646. The zero-order chi connectivity index (χ0) is 14.5. The van der Waals surface area contributed by atoms with Gasteiger partial charge in [-0.25, -0.2) is 4.39 Å². The summed E-state index contributed by atoms with van der Waals surface area (Å²) >= 11 is 5.91. The second-order valence-electron chi connectivity index (χ2n) is 3.97. The summed E-state index contributed by atoms with van der Waals surface area (Å²) in [5, 5.41) is 2.99. The van der Waals surface area contributed by atoms with Gasteiger partial charge in [0, 0.05) is 4.90 Å². The molecule has 3 nitrogen and oxygen atoms in total. The van der Waals surface area contributed by atoms with Crippen LogP contribution in [0.5, 0.6) is 0 Å². The van der Waals surface area contributed by atoms with Gasteiger partial charge in [0.15, 0.2) is 0 Å². The average Bonchev–Trinajstić information content (AvgIpc) is 2.42. The number of rotatable bonds is 4. The van der Waals surface area contributed by atoms with Crippen LogP contribution in [-0.4, -0.2) is 15.9 Å². The smallest absolute Gasteiger partial charge is 0.237 e. The molecule has 1 atom stereocenters. The third kappa shape index (κ3) is 3.88. The monoisotopic (exact) mass is 311 g/mol. The standard InChI is InChI=1S/C14H11ClFNO2S/c15-12-3-1-2-4-13(12)17-14(18)9-20(19)11-7-5-10(16)6-8-11/h1-8H,9H2,(H,17,18)/t20-/m1/s1. The van der Waals surface area contributed by atoms with E-state index >= 15 is 0 Å². The van der Waals surface area contributed by atoms with Gasteiger partial charge in [0.25, 0.3) is 0 Å². The van der Waals surface area contributed by atoms with Crippen LogP contribution >= 0.6 is 11.6 Å². The molecule has 0 unspecified atom stereocenters. The van der Waals surface area contributed by atoms with E-state index in [-0.39, 0.29) is 5.75 Å². The minimum Gasteiger partial charge on any atom is -0.324 e. The highest BCUT2D eigenvalue weighted by Gasteiger charge is 2.11. The Kier molecular flexibility index (Phi) is 4.87. The van der Waals surface area contributed by atoms with Crippen LogP contribution in [0.2, 0.25) is 5.02 Å². The topological polar surface area (TPSA) is 46.2 Å². The van der Waals surface area contributed by atoms with E-state index in [1.807, 2.05) is 0 Å². The number of nitrogens with one attached hydrogen (secondary N) is 1. The van der Waals surface area contributed by atoms with E-state index in [0.29, 0.717) is 15.6 Å². The number of benzene rings is 2. The van der Waals surface area contributed by atoms with Gasteiger partial charge in [-0.1, -0.05) is 23.7 Å². The molecule has 0 aliphatic carbocycles. The fourth-order valence-electron chi connectivity index (χ4n) is 1.54. The van der Waals surface area contributed by atoms with Crippen molar-refractivity contribution in [1.29, 1.82) is 0 Å². The number of hydrogen-bond acceptors (Lipinski definition) is 2. The minimum absolute atomic E-state index is 0.211. The minimum atomic E-state index is -1.52. The first-order valence-electron chi connectivity index (χ1n) is 5.74. The Balaban J connectivity index is 2.00. The summed E-state index contributed by atoms with van der Waals surface area (Å²) in [5.41, 5.74) is 0.468. The lowest BCUT2D eigenvalue weighted by molar-refractivity contribution is -0.113. The van der Waals surface area contributed by atoms with Gasteiger partial charge in [0.1, 0.15) is 11.6 Å². The molecular formula is C14H11ClFNO2S. The van der Waals surface area contributed by atoms with Gasteiger partial charge in [0.05, 0.1) is 21.5 Å². The molecule has 0 aliphatic rings. The van der Waals surface area contributed by atoms with E-state index in [1.54, 1.807) is 24.3 Å². The SMILES string of the molecule is O=C(C[S@@](=O)c1ccc(F)cc1)Nc1ccccc1Cl. The Labute approximate surface area is 123 Å². The number of carbonyl (C=O) groups excluding carboxylic acids is 1. The molecule has 6 heteroatoms. The molecule has 2 aromatic carbocycles. The van der Waals surface area contributed by atoms with E-state index in [9.17, 15) is 13.4 Å². The Morgan fingerprint density at radius 2 is 1.80 bits per heavy atom. The van der Waals surface area contributed by atoms with Crippen LogP contribution in [0.4, 0.5) is 10.1 Å². The number of amides is 1. The fourth-order valence-corrected chi connectivity index (χ4v) is 2.64. The third-order valence-corrected chi connectivity index (χ3v) is 4.14. The Morgan fingerprint density at radius 3 is 2.45 bits per heavy atom. The lowest BCUT2D eigenvalue weighted by atomic mass is 10.3.